The van der Waals surface area contributed by atoms with E-state index in [1.165, 1.54) is 0 Å². The predicted octanol–water partition coefficient (Wildman–Crippen LogP) is 3.05. The van der Waals surface area contributed by atoms with Crippen molar-refractivity contribution in [1.82, 2.24) is 10.3 Å². The summed E-state index contributed by atoms with van der Waals surface area (Å²) in [6.45, 7) is 6.11. The zero-order valence-corrected chi connectivity index (χ0v) is 13.2. The van der Waals surface area contributed by atoms with Gasteiger partial charge >= 0.3 is 0 Å². The van der Waals surface area contributed by atoms with Crippen molar-refractivity contribution >= 4 is 5.91 Å². The second-order valence-electron chi connectivity index (χ2n) is 5.70. The number of aromatic nitrogens is 1. The lowest BCUT2D eigenvalue weighted by atomic mass is 10.0. The van der Waals surface area contributed by atoms with Gasteiger partial charge in [0.15, 0.2) is 0 Å². The average Bonchev–Trinajstić information content (AvgIpc) is 2.97. The Morgan fingerprint density at radius 1 is 1.43 bits per heavy atom. The van der Waals surface area contributed by atoms with Crippen molar-refractivity contribution in [3.05, 3.63) is 60.3 Å². The number of nitrogens with zero attached hydrogens (tertiary/aromatic N) is 1. The predicted molar refractivity (Wildman–Crippen MR) is 90.4 cm³/mol. The molecule has 0 spiro atoms. The Morgan fingerprint density at radius 2 is 2.30 bits per heavy atom. The summed E-state index contributed by atoms with van der Waals surface area (Å²) in [5.41, 5.74) is 4.24. The van der Waals surface area contributed by atoms with Crippen molar-refractivity contribution in [3.63, 3.8) is 0 Å². The third-order valence-electron chi connectivity index (χ3n) is 3.95. The van der Waals surface area contributed by atoms with Crippen molar-refractivity contribution in [2.75, 3.05) is 6.54 Å². The fourth-order valence-electron chi connectivity index (χ4n) is 2.84. The minimum Gasteiger partial charge on any atom is -0.487 e. The van der Waals surface area contributed by atoms with Crippen LogP contribution in [0.4, 0.5) is 0 Å². The number of aryl methyl sites for hydroxylation is 1. The van der Waals surface area contributed by atoms with E-state index in [9.17, 15) is 4.79 Å². The van der Waals surface area contributed by atoms with E-state index in [2.05, 4.69) is 22.9 Å². The number of amides is 1. The maximum Gasteiger partial charge on any atom is 0.223 e. The van der Waals surface area contributed by atoms with Gasteiger partial charge in [0.1, 0.15) is 11.9 Å². The molecule has 2 heterocycles. The van der Waals surface area contributed by atoms with Gasteiger partial charge in [0.25, 0.3) is 0 Å². The number of para-hydroxylation sites is 1. The Hall–Kier alpha value is -2.62. The zero-order chi connectivity index (χ0) is 16.2. The Labute approximate surface area is 136 Å². The SMILES string of the molecule is C=CCC(=O)NCC1Cc2cccc(-c3ncccc3C)c2O1. The maximum atomic E-state index is 11.6. The van der Waals surface area contributed by atoms with E-state index in [-0.39, 0.29) is 12.0 Å². The van der Waals surface area contributed by atoms with Crippen LogP contribution in [0.1, 0.15) is 17.5 Å². The van der Waals surface area contributed by atoms with Crippen molar-refractivity contribution in [3.8, 4) is 17.0 Å². The molecule has 1 aliphatic heterocycles. The molecule has 0 fully saturated rings. The fourth-order valence-corrected chi connectivity index (χ4v) is 2.84. The molecule has 4 heteroatoms. The smallest absolute Gasteiger partial charge is 0.223 e. The summed E-state index contributed by atoms with van der Waals surface area (Å²) in [5, 5.41) is 2.88. The van der Waals surface area contributed by atoms with Gasteiger partial charge < -0.3 is 10.1 Å². The molecule has 118 valence electrons. The first kappa shape index (κ1) is 15.3. The molecule has 1 N–H and O–H groups in total. The number of pyridine rings is 1. The van der Waals surface area contributed by atoms with Crippen LogP contribution in [0.15, 0.2) is 49.2 Å². The molecule has 1 unspecified atom stereocenters. The Balaban J connectivity index is 1.78. The van der Waals surface area contributed by atoms with E-state index < -0.39 is 0 Å². The second-order valence-corrected chi connectivity index (χ2v) is 5.70. The molecule has 1 aromatic heterocycles. The molecule has 0 bridgehead atoms. The molecule has 1 aliphatic rings. The van der Waals surface area contributed by atoms with E-state index in [0.29, 0.717) is 13.0 Å². The number of rotatable bonds is 5. The van der Waals surface area contributed by atoms with Crippen LogP contribution >= 0.6 is 0 Å². The maximum absolute atomic E-state index is 11.6. The monoisotopic (exact) mass is 308 g/mol. The molecular formula is C19H20N2O2. The summed E-state index contributed by atoms with van der Waals surface area (Å²) in [7, 11) is 0. The van der Waals surface area contributed by atoms with Gasteiger partial charge in [0.2, 0.25) is 5.91 Å². The summed E-state index contributed by atoms with van der Waals surface area (Å²) in [5.74, 6) is 0.859. The number of carbonyl (C=O) groups is 1. The third kappa shape index (κ3) is 3.26. The molecule has 1 aromatic carbocycles. The summed E-state index contributed by atoms with van der Waals surface area (Å²) < 4.78 is 6.10. The lowest BCUT2D eigenvalue weighted by molar-refractivity contribution is -0.120. The van der Waals surface area contributed by atoms with E-state index in [1.54, 1.807) is 12.3 Å². The molecule has 0 radical (unpaired) electrons. The summed E-state index contributed by atoms with van der Waals surface area (Å²) >= 11 is 0. The number of hydrogen-bond donors (Lipinski definition) is 1. The molecule has 2 aromatic rings. The summed E-state index contributed by atoms with van der Waals surface area (Å²) in [4.78, 5) is 16.0. The highest BCUT2D eigenvalue weighted by Crippen LogP contribution is 2.38. The van der Waals surface area contributed by atoms with E-state index >= 15 is 0 Å². The number of hydrogen-bond acceptors (Lipinski definition) is 3. The highest BCUT2D eigenvalue weighted by atomic mass is 16.5. The fraction of sp³-hybridized carbons (Fsp3) is 0.263. The van der Waals surface area contributed by atoms with Crippen molar-refractivity contribution < 1.29 is 9.53 Å². The molecule has 0 saturated heterocycles. The number of carbonyl (C=O) groups excluding carboxylic acids is 1. The van der Waals surface area contributed by atoms with Crippen molar-refractivity contribution in [2.24, 2.45) is 0 Å². The van der Waals surface area contributed by atoms with Crippen LogP contribution in [0.25, 0.3) is 11.3 Å². The van der Waals surface area contributed by atoms with Crippen molar-refractivity contribution in [1.29, 1.82) is 0 Å². The quantitative estimate of drug-likeness (QED) is 0.864. The van der Waals surface area contributed by atoms with Gasteiger partial charge in [-0.15, -0.1) is 6.58 Å². The van der Waals surface area contributed by atoms with Crippen LogP contribution in [0.3, 0.4) is 0 Å². The first-order valence-electron chi connectivity index (χ1n) is 7.77. The Bertz CT molecular complexity index is 740. The van der Waals surface area contributed by atoms with Crippen LogP contribution in [-0.4, -0.2) is 23.5 Å². The van der Waals surface area contributed by atoms with Crippen LogP contribution in [0, 0.1) is 6.92 Å². The van der Waals surface area contributed by atoms with Crippen molar-refractivity contribution in [2.45, 2.75) is 25.9 Å². The van der Waals surface area contributed by atoms with Crippen LogP contribution in [-0.2, 0) is 11.2 Å². The number of benzene rings is 1. The molecule has 0 saturated carbocycles. The Kier molecular flexibility index (Phi) is 4.42. The minimum absolute atomic E-state index is 0.0275. The number of fused-ring (bicyclic) bond motifs is 1. The van der Waals surface area contributed by atoms with Gasteiger partial charge in [-0.2, -0.15) is 0 Å². The summed E-state index contributed by atoms with van der Waals surface area (Å²) in [6, 6.07) is 10.1. The topological polar surface area (TPSA) is 51.2 Å². The van der Waals surface area contributed by atoms with Crippen LogP contribution < -0.4 is 10.1 Å². The first-order valence-corrected chi connectivity index (χ1v) is 7.77. The lowest BCUT2D eigenvalue weighted by Crippen LogP contribution is -2.34. The zero-order valence-electron chi connectivity index (χ0n) is 13.2. The van der Waals surface area contributed by atoms with Crippen LogP contribution in [0.5, 0.6) is 5.75 Å². The summed E-state index contributed by atoms with van der Waals surface area (Å²) in [6.07, 6.45) is 4.48. The first-order chi connectivity index (χ1) is 11.2. The normalized spacial score (nSPS) is 15.6. The van der Waals surface area contributed by atoms with E-state index in [0.717, 1.165) is 34.6 Å². The number of nitrogens with one attached hydrogen (secondary N) is 1. The molecule has 23 heavy (non-hydrogen) atoms. The lowest BCUT2D eigenvalue weighted by Gasteiger charge is -2.13. The molecular weight excluding hydrogens is 288 g/mol. The van der Waals surface area contributed by atoms with Gasteiger partial charge in [-0.1, -0.05) is 24.3 Å². The van der Waals surface area contributed by atoms with Gasteiger partial charge in [-0.05, 0) is 30.2 Å². The van der Waals surface area contributed by atoms with Gasteiger partial charge in [0.05, 0.1) is 12.2 Å². The third-order valence-corrected chi connectivity index (χ3v) is 3.95. The average molecular weight is 308 g/mol. The second kappa shape index (κ2) is 6.65. The molecule has 1 atom stereocenters. The standard InChI is InChI=1S/C19H20N2O2/c1-3-6-17(22)21-12-15-11-14-8-4-9-16(19(14)23-15)18-13(2)7-5-10-20-18/h3-5,7-10,15H,1,6,11-12H2,2H3,(H,21,22). The highest BCUT2D eigenvalue weighted by Gasteiger charge is 2.26. The van der Waals surface area contributed by atoms with E-state index in [4.69, 9.17) is 4.74 Å². The molecule has 0 aliphatic carbocycles. The van der Waals surface area contributed by atoms with E-state index in [1.807, 2.05) is 31.2 Å². The molecule has 1 amide bonds. The largest absolute Gasteiger partial charge is 0.487 e. The molecule has 4 nitrogen and oxygen atoms in total. The van der Waals surface area contributed by atoms with Gasteiger partial charge in [-0.3, -0.25) is 9.78 Å². The number of ether oxygens (including phenoxy) is 1. The highest BCUT2D eigenvalue weighted by molar-refractivity contribution is 5.77. The minimum atomic E-state index is -0.0380. The van der Waals surface area contributed by atoms with Crippen LogP contribution in [0.2, 0.25) is 0 Å². The van der Waals surface area contributed by atoms with Gasteiger partial charge in [-0.25, -0.2) is 0 Å². The Morgan fingerprint density at radius 3 is 3.09 bits per heavy atom. The molecule has 3 rings (SSSR count). The van der Waals surface area contributed by atoms with Gasteiger partial charge in [0, 0.05) is 24.6 Å².